The van der Waals surface area contributed by atoms with Crippen molar-refractivity contribution in [3.8, 4) is 5.75 Å². The Labute approximate surface area is 200 Å². The molecule has 1 atom stereocenters. The molecule has 1 aromatic carbocycles. The molecule has 0 radical (unpaired) electrons. The summed E-state index contributed by atoms with van der Waals surface area (Å²) in [7, 11) is 3.19. The second kappa shape index (κ2) is 8.47. The van der Waals surface area contributed by atoms with Crippen LogP contribution < -0.4 is 15.2 Å². The van der Waals surface area contributed by atoms with Gasteiger partial charge in [-0.15, -0.1) is 0 Å². The van der Waals surface area contributed by atoms with Gasteiger partial charge in [-0.05, 0) is 36.6 Å². The van der Waals surface area contributed by atoms with Crippen LogP contribution in [0.15, 0.2) is 35.4 Å². The minimum atomic E-state index is -0.256. The van der Waals surface area contributed by atoms with E-state index >= 15 is 0 Å². The fraction of sp³-hybridized carbons (Fsp3) is 0.360. The number of amides is 1. The van der Waals surface area contributed by atoms with Crippen LogP contribution in [0.5, 0.6) is 5.75 Å². The average Bonchev–Trinajstić information content (AvgIpc) is 3.63. The first-order chi connectivity index (χ1) is 17.1. The zero-order valence-corrected chi connectivity index (χ0v) is 19.5. The van der Waals surface area contributed by atoms with E-state index in [1.165, 1.54) is 0 Å². The van der Waals surface area contributed by atoms with Crippen molar-refractivity contribution in [2.24, 2.45) is 0 Å². The average molecular weight is 476 g/mol. The first kappa shape index (κ1) is 21.8. The number of H-pyrrole nitrogens is 1. The molecule has 1 amide bonds. The van der Waals surface area contributed by atoms with Crippen molar-refractivity contribution in [3.63, 3.8) is 0 Å². The molecule has 3 aromatic heterocycles. The summed E-state index contributed by atoms with van der Waals surface area (Å²) in [4.78, 5) is 40.3. The van der Waals surface area contributed by atoms with Gasteiger partial charge in [-0.1, -0.05) is 0 Å². The minimum Gasteiger partial charge on any atom is -0.495 e. The summed E-state index contributed by atoms with van der Waals surface area (Å²) in [5.74, 6) is 2.00. The number of pyridine rings is 1. The number of imidazole rings is 1. The molecule has 180 valence electrons. The van der Waals surface area contributed by atoms with Gasteiger partial charge in [0.25, 0.3) is 11.5 Å². The third kappa shape index (κ3) is 3.48. The Balaban J connectivity index is 1.50. The van der Waals surface area contributed by atoms with Crippen molar-refractivity contribution in [2.75, 3.05) is 38.9 Å². The number of carbonyl (C=O) groups is 1. The van der Waals surface area contributed by atoms with Gasteiger partial charge in [0.1, 0.15) is 22.9 Å². The molecule has 6 rings (SSSR count). The van der Waals surface area contributed by atoms with Crippen LogP contribution in [-0.2, 0) is 22.5 Å². The quantitative estimate of drug-likeness (QED) is 0.472. The van der Waals surface area contributed by atoms with Gasteiger partial charge in [-0.25, -0.2) is 9.97 Å². The lowest BCUT2D eigenvalue weighted by atomic mass is 10.0. The third-order valence-electron chi connectivity index (χ3n) is 6.82. The van der Waals surface area contributed by atoms with Crippen molar-refractivity contribution in [1.29, 1.82) is 0 Å². The van der Waals surface area contributed by atoms with Gasteiger partial charge >= 0.3 is 0 Å². The predicted molar refractivity (Wildman–Crippen MR) is 128 cm³/mol. The topological polar surface area (TPSA) is 111 Å². The number of fused-ring (bicyclic) bond motifs is 4. The van der Waals surface area contributed by atoms with E-state index in [9.17, 15) is 9.59 Å². The van der Waals surface area contributed by atoms with E-state index in [2.05, 4.69) is 15.0 Å². The van der Waals surface area contributed by atoms with Crippen molar-refractivity contribution in [2.45, 2.75) is 25.4 Å². The number of methoxy groups -OCH3 is 2. The predicted octanol–water partition coefficient (Wildman–Crippen LogP) is 2.43. The molecule has 1 fully saturated rings. The summed E-state index contributed by atoms with van der Waals surface area (Å²) in [5.41, 5.74) is 3.69. The third-order valence-corrected chi connectivity index (χ3v) is 6.82. The molecule has 1 unspecified atom stereocenters. The van der Waals surface area contributed by atoms with Crippen molar-refractivity contribution in [3.05, 3.63) is 63.5 Å². The molecule has 5 heterocycles. The van der Waals surface area contributed by atoms with E-state index in [1.807, 2.05) is 16.5 Å². The first-order valence-corrected chi connectivity index (χ1v) is 11.6. The SMILES string of the molecule is COCc1cc2c(cc1C(=O)N1CCc3cc(OC)cnc31)[nH]c(=O)c1cnc(C3CCOC3)n12. The lowest BCUT2D eigenvalue weighted by Gasteiger charge is -2.19. The summed E-state index contributed by atoms with van der Waals surface area (Å²) < 4.78 is 18.2. The Morgan fingerprint density at radius 3 is 2.86 bits per heavy atom. The smallest absolute Gasteiger partial charge is 0.274 e. The monoisotopic (exact) mass is 475 g/mol. The molecule has 10 nitrogen and oxygen atoms in total. The highest BCUT2D eigenvalue weighted by Gasteiger charge is 2.30. The Morgan fingerprint density at radius 2 is 2.09 bits per heavy atom. The number of aromatic amines is 1. The van der Waals surface area contributed by atoms with Gasteiger partial charge in [-0.3, -0.25) is 18.9 Å². The molecule has 0 spiro atoms. The summed E-state index contributed by atoms with van der Waals surface area (Å²) >= 11 is 0. The molecule has 0 aliphatic carbocycles. The molecule has 35 heavy (non-hydrogen) atoms. The zero-order valence-electron chi connectivity index (χ0n) is 19.5. The van der Waals surface area contributed by atoms with Gasteiger partial charge in [0.2, 0.25) is 0 Å². The molecular weight excluding hydrogens is 450 g/mol. The number of nitrogens with zero attached hydrogens (tertiary/aromatic N) is 4. The van der Waals surface area contributed by atoms with Crippen LogP contribution >= 0.6 is 0 Å². The molecule has 0 saturated carbocycles. The second-order valence-electron chi connectivity index (χ2n) is 8.88. The van der Waals surface area contributed by atoms with Gasteiger partial charge in [-0.2, -0.15) is 0 Å². The number of aromatic nitrogens is 4. The van der Waals surface area contributed by atoms with E-state index in [4.69, 9.17) is 14.2 Å². The Kier molecular flexibility index (Phi) is 5.27. The molecule has 0 bridgehead atoms. The number of hydrogen-bond donors (Lipinski definition) is 1. The number of nitrogens with one attached hydrogen (secondary N) is 1. The molecule has 10 heteroatoms. The molecule has 1 saturated heterocycles. The summed E-state index contributed by atoms with van der Waals surface area (Å²) in [5, 5.41) is 0. The fourth-order valence-electron chi connectivity index (χ4n) is 5.08. The van der Waals surface area contributed by atoms with Gasteiger partial charge in [0, 0.05) is 37.3 Å². The molecule has 2 aliphatic rings. The Morgan fingerprint density at radius 1 is 1.20 bits per heavy atom. The Bertz CT molecular complexity index is 1520. The fourth-order valence-corrected chi connectivity index (χ4v) is 5.08. The highest BCUT2D eigenvalue weighted by atomic mass is 16.5. The number of carbonyl (C=O) groups excluding carboxylic acids is 1. The summed E-state index contributed by atoms with van der Waals surface area (Å²) in [6, 6.07) is 5.56. The lowest BCUT2D eigenvalue weighted by molar-refractivity contribution is 0.0984. The standard InChI is InChI=1S/C25H25N5O5/c1-33-12-16-8-20-19(28-24(31)21-11-27-23(30(20)21)15-4-6-35-13-15)9-18(16)25(32)29-5-3-14-7-17(34-2)10-26-22(14)29/h7-11,15H,3-6,12-13H2,1-2H3,(H,28,31). The van der Waals surface area contributed by atoms with Crippen LogP contribution in [0.25, 0.3) is 16.6 Å². The van der Waals surface area contributed by atoms with Gasteiger partial charge in [0.15, 0.2) is 0 Å². The van der Waals surface area contributed by atoms with Crippen molar-refractivity contribution < 1.29 is 19.0 Å². The molecule has 4 aromatic rings. The maximum atomic E-state index is 13.7. The van der Waals surface area contributed by atoms with E-state index in [0.717, 1.165) is 28.9 Å². The van der Waals surface area contributed by atoms with Gasteiger partial charge < -0.3 is 19.2 Å². The minimum absolute atomic E-state index is 0.110. The number of anilines is 1. The summed E-state index contributed by atoms with van der Waals surface area (Å²) in [6.07, 6.45) is 4.75. The van der Waals surface area contributed by atoms with E-state index in [-0.39, 0.29) is 24.0 Å². The van der Waals surface area contributed by atoms with Crippen LogP contribution in [0.1, 0.15) is 39.6 Å². The normalized spacial score (nSPS) is 17.4. The Hall–Kier alpha value is -3.76. The van der Waals surface area contributed by atoms with Crippen LogP contribution in [0.4, 0.5) is 5.82 Å². The number of hydrogen-bond acceptors (Lipinski definition) is 7. The lowest BCUT2D eigenvalue weighted by Crippen LogP contribution is -2.30. The molecular formula is C25H25N5O5. The largest absolute Gasteiger partial charge is 0.495 e. The highest BCUT2D eigenvalue weighted by molar-refractivity contribution is 6.09. The van der Waals surface area contributed by atoms with E-state index in [1.54, 1.807) is 37.6 Å². The number of benzene rings is 1. The van der Waals surface area contributed by atoms with E-state index < -0.39 is 0 Å². The maximum absolute atomic E-state index is 13.7. The molecule has 2 aliphatic heterocycles. The zero-order chi connectivity index (χ0) is 24.1. The van der Waals surface area contributed by atoms with Crippen LogP contribution in [0, 0.1) is 0 Å². The van der Waals surface area contributed by atoms with Crippen LogP contribution in [0.2, 0.25) is 0 Å². The number of ether oxygens (including phenoxy) is 3. The number of rotatable bonds is 5. The highest BCUT2D eigenvalue weighted by Crippen LogP contribution is 2.32. The van der Waals surface area contributed by atoms with E-state index in [0.29, 0.717) is 54.3 Å². The molecule has 1 N–H and O–H groups in total. The summed E-state index contributed by atoms with van der Waals surface area (Å²) in [6.45, 7) is 2.00. The van der Waals surface area contributed by atoms with Crippen LogP contribution in [0.3, 0.4) is 0 Å². The van der Waals surface area contributed by atoms with Crippen molar-refractivity contribution in [1.82, 2.24) is 19.4 Å². The van der Waals surface area contributed by atoms with Crippen LogP contribution in [-0.4, -0.2) is 59.2 Å². The first-order valence-electron chi connectivity index (χ1n) is 11.6. The maximum Gasteiger partial charge on any atom is 0.274 e. The van der Waals surface area contributed by atoms with Gasteiger partial charge in [0.05, 0.1) is 43.8 Å². The van der Waals surface area contributed by atoms with Crippen molar-refractivity contribution >= 4 is 28.3 Å². The second-order valence-corrected chi connectivity index (χ2v) is 8.88.